The summed E-state index contributed by atoms with van der Waals surface area (Å²) in [6, 6.07) is 0.302. The van der Waals surface area contributed by atoms with Crippen molar-refractivity contribution in [3.63, 3.8) is 0 Å². The minimum absolute atomic E-state index is 0.0142. The van der Waals surface area contributed by atoms with Gasteiger partial charge in [-0.25, -0.2) is 9.97 Å². The molecular formula is C18H24N4O2. The van der Waals surface area contributed by atoms with Crippen LogP contribution in [0.15, 0.2) is 6.33 Å². The molecule has 2 amide bonds. The monoisotopic (exact) mass is 328 g/mol. The highest BCUT2D eigenvalue weighted by Crippen LogP contribution is 2.48. The van der Waals surface area contributed by atoms with Gasteiger partial charge in [0.25, 0.3) is 5.91 Å². The van der Waals surface area contributed by atoms with Gasteiger partial charge in [0.15, 0.2) is 0 Å². The number of rotatable bonds is 3. The number of carbonyl (C=O) groups is 2. The molecule has 1 saturated heterocycles. The van der Waals surface area contributed by atoms with Crippen LogP contribution in [0.1, 0.15) is 53.8 Å². The maximum absolute atomic E-state index is 12.8. The Morgan fingerprint density at radius 3 is 2.71 bits per heavy atom. The highest BCUT2D eigenvalue weighted by atomic mass is 16.2. The molecule has 1 N–H and O–H groups in total. The molecule has 1 aliphatic heterocycles. The molecule has 0 bridgehead atoms. The van der Waals surface area contributed by atoms with Crippen molar-refractivity contribution < 1.29 is 9.59 Å². The molecule has 128 valence electrons. The minimum Gasteiger partial charge on any atom is -0.353 e. The summed E-state index contributed by atoms with van der Waals surface area (Å²) in [6.45, 7) is 5.37. The summed E-state index contributed by atoms with van der Waals surface area (Å²) in [5.41, 5.74) is 2.45. The number of likely N-dealkylation sites (tertiary alicyclic amines) is 1. The molecule has 0 atom stereocenters. The predicted molar refractivity (Wildman–Crippen MR) is 88.3 cm³/mol. The van der Waals surface area contributed by atoms with Crippen molar-refractivity contribution in [2.75, 3.05) is 13.1 Å². The van der Waals surface area contributed by atoms with Crippen LogP contribution in [0, 0.1) is 25.2 Å². The van der Waals surface area contributed by atoms with E-state index in [1.165, 1.54) is 6.33 Å². The fraction of sp³-hybridized carbons (Fsp3) is 0.667. The Balaban J connectivity index is 1.36. The number of nitrogens with one attached hydrogen (secondary N) is 1. The third-order valence-corrected chi connectivity index (χ3v) is 5.92. The van der Waals surface area contributed by atoms with Gasteiger partial charge >= 0.3 is 0 Å². The van der Waals surface area contributed by atoms with E-state index in [1.54, 1.807) is 0 Å². The quantitative estimate of drug-likeness (QED) is 0.915. The Morgan fingerprint density at radius 1 is 1.25 bits per heavy atom. The fourth-order valence-corrected chi connectivity index (χ4v) is 4.10. The van der Waals surface area contributed by atoms with Crippen molar-refractivity contribution in [3.8, 4) is 0 Å². The molecule has 1 spiro atoms. The zero-order valence-corrected chi connectivity index (χ0v) is 14.3. The highest BCUT2D eigenvalue weighted by Gasteiger charge is 2.50. The van der Waals surface area contributed by atoms with E-state index in [2.05, 4.69) is 15.3 Å². The normalized spacial score (nSPS) is 28.8. The van der Waals surface area contributed by atoms with E-state index in [0.29, 0.717) is 11.7 Å². The largest absolute Gasteiger partial charge is 0.353 e. The van der Waals surface area contributed by atoms with Crippen LogP contribution in [0.2, 0.25) is 0 Å². The van der Waals surface area contributed by atoms with Crippen LogP contribution in [0.3, 0.4) is 0 Å². The standard InChI is InChI=1S/C18H24N4O2/c1-11-12(2)19-10-20-15(11)17(24)22-6-5-18(9-22)7-14(8-18)21-16(23)13-3-4-13/h10,13-14H,3-9H2,1-2H3,(H,21,23). The van der Waals surface area contributed by atoms with Crippen LogP contribution in [-0.4, -0.2) is 45.8 Å². The molecule has 1 aromatic rings. The molecular weight excluding hydrogens is 304 g/mol. The summed E-state index contributed by atoms with van der Waals surface area (Å²) in [6.07, 6.45) is 6.58. The second kappa shape index (κ2) is 5.53. The molecule has 3 fully saturated rings. The number of amides is 2. The first-order chi connectivity index (χ1) is 11.5. The van der Waals surface area contributed by atoms with Crippen molar-refractivity contribution >= 4 is 11.8 Å². The van der Waals surface area contributed by atoms with Gasteiger partial charge in [0.1, 0.15) is 12.0 Å². The molecule has 2 heterocycles. The topological polar surface area (TPSA) is 75.2 Å². The minimum atomic E-state index is 0.0142. The molecule has 4 rings (SSSR count). The maximum atomic E-state index is 12.8. The van der Waals surface area contributed by atoms with Crippen LogP contribution in [0.25, 0.3) is 0 Å². The Labute approximate surface area is 142 Å². The second-order valence-electron chi connectivity index (χ2n) is 7.80. The van der Waals surface area contributed by atoms with E-state index in [0.717, 1.165) is 56.5 Å². The lowest BCUT2D eigenvalue weighted by Gasteiger charge is -2.45. The third-order valence-electron chi connectivity index (χ3n) is 5.92. The second-order valence-corrected chi connectivity index (χ2v) is 7.80. The lowest BCUT2D eigenvalue weighted by atomic mass is 9.65. The van der Waals surface area contributed by atoms with Gasteiger partial charge in [0.2, 0.25) is 5.91 Å². The molecule has 1 aromatic heterocycles. The Hall–Kier alpha value is -1.98. The predicted octanol–water partition coefficient (Wildman–Crippen LogP) is 1.61. The molecule has 6 nitrogen and oxygen atoms in total. The third kappa shape index (κ3) is 2.68. The highest BCUT2D eigenvalue weighted by molar-refractivity contribution is 5.94. The smallest absolute Gasteiger partial charge is 0.272 e. The number of aromatic nitrogens is 2. The van der Waals surface area contributed by atoms with Crippen LogP contribution >= 0.6 is 0 Å². The van der Waals surface area contributed by atoms with E-state index >= 15 is 0 Å². The Bertz CT molecular complexity index is 692. The summed E-state index contributed by atoms with van der Waals surface area (Å²) in [5.74, 6) is 0.514. The van der Waals surface area contributed by atoms with E-state index in [4.69, 9.17) is 0 Å². The molecule has 2 aliphatic carbocycles. The van der Waals surface area contributed by atoms with E-state index < -0.39 is 0 Å². The van der Waals surface area contributed by atoms with Crippen molar-refractivity contribution in [2.24, 2.45) is 11.3 Å². The summed E-state index contributed by atoms with van der Waals surface area (Å²) in [7, 11) is 0. The summed E-state index contributed by atoms with van der Waals surface area (Å²) >= 11 is 0. The number of aryl methyl sites for hydroxylation is 1. The number of carbonyl (C=O) groups excluding carboxylic acids is 2. The zero-order valence-electron chi connectivity index (χ0n) is 14.3. The van der Waals surface area contributed by atoms with Gasteiger partial charge in [-0.3, -0.25) is 9.59 Å². The first-order valence-electron chi connectivity index (χ1n) is 8.85. The van der Waals surface area contributed by atoms with Gasteiger partial charge in [-0.1, -0.05) is 0 Å². The van der Waals surface area contributed by atoms with Crippen LogP contribution in [0.5, 0.6) is 0 Å². The molecule has 6 heteroatoms. The number of nitrogens with zero attached hydrogens (tertiary/aromatic N) is 3. The molecule has 0 aromatic carbocycles. The molecule has 24 heavy (non-hydrogen) atoms. The van der Waals surface area contributed by atoms with Gasteiger partial charge in [-0.15, -0.1) is 0 Å². The van der Waals surface area contributed by atoms with Crippen molar-refractivity contribution in [2.45, 2.75) is 52.0 Å². The van der Waals surface area contributed by atoms with Gasteiger partial charge in [-0.2, -0.15) is 0 Å². The average molecular weight is 328 g/mol. The van der Waals surface area contributed by atoms with E-state index in [-0.39, 0.29) is 23.1 Å². The van der Waals surface area contributed by atoms with Gasteiger partial charge < -0.3 is 10.2 Å². The van der Waals surface area contributed by atoms with Crippen molar-refractivity contribution in [3.05, 3.63) is 23.3 Å². The van der Waals surface area contributed by atoms with Crippen LogP contribution in [-0.2, 0) is 4.79 Å². The number of hydrogen-bond donors (Lipinski definition) is 1. The number of hydrogen-bond acceptors (Lipinski definition) is 4. The lowest BCUT2D eigenvalue weighted by molar-refractivity contribution is -0.124. The van der Waals surface area contributed by atoms with Crippen molar-refractivity contribution in [1.29, 1.82) is 0 Å². The Kier molecular flexibility index (Phi) is 3.58. The zero-order chi connectivity index (χ0) is 16.9. The summed E-state index contributed by atoms with van der Waals surface area (Å²) < 4.78 is 0. The molecule has 3 aliphatic rings. The summed E-state index contributed by atoms with van der Waals surface area (Å²) in [4.78, 5) is 34.9. The fourth-order valence-electron chi connectivity index (χ4n) is 4.10. The van der Waals surface area contributed by atoms with E-state index in [9.17, 15) is 9.59 Å². The first-order valence-corrected chi connectivity index (χ1v) is 8.85. The summed E-state index contributed by atoms with van der Waals surface area (Å²) in [5, 5.41) is 3.16. The van der Waals surface area contributed by atoms with Gasteiger partial charge in [0.05, 0.1) is 0 Å². The molecule has 2 saturated carbocycles. The van der Waals surface area contributed by atoms with Crippen molar-refractivity contribution in [1.82, 2.24) is 20.2 Å². The van der Waals surface area contributed by atoms with Crippen LogP contribution in [0.4, 0.5) is 0 Å². The molecule has 0 unspecified atom stereocenters. The van der Waals surface area contributed by atoms with Gasteiger partial charge in [0, 0.05) is 36.3 Å². The van der Waals surface area contributed by atoms with Gasteiger partial charge in [-0.05, 0) is 51.4 Å². The Morgan fingerprint density at radius 2 is 2.00 bits per heavy atom. The lowest BCUT2D eigenvalue weighted by Crippen LogP contribution is -2.52. The average Bonchev–Trinajstić information content (AvgIpc) is 3.29. The maximum Gasteiger partial charge on any atom is 0.272 e. The SMILES string of the molecule is Cc1ncnc(C(=O)N2CCC3(CC(NC(=O)C4CC4)C3)C2)c1C. The van der Waals surface area contributed by atoms with E-state index in [1.807, 2.05) is 18.7 Å². The van der Waals surface area contributed by atoms with Crippen LogP contribution < -0.4 is 5.32 Å². The first kappa shape index (κ1) is 15.5. The molecule has 0 radical (unpaired) electrons.